The molecular formula is C12H19N3O. The summed E-state index contributed by atoms with van der Waals surface area (Å²) in [5.41, 5.74) is 0. The molecule has 2 aliphatic heterocycles. The molecule has 0 radical (unpaired) electrons. The summed E-state index contributed by atoms with van der Waals surface area (Å²) in [4.78, 5) is 15.9. The Morgan fingerprint density at radius 1 is 1.38 bits per heavy atom. The molecule has 88 valence electrons. The van der Waals surface area contributed by atoms with Crippen molar-refractivity contribution in [3.05, 3.63) is 0 Å². The molecule has 0 aromatic carbocycles. The summed E-state index contributed by atoms with van der Waals surface area (Å²) in [6, 6.07) is 0. The Kier molecular flexibility index (Phi) is 3.81. The number of amides is 1. The van der Waals surface area contributed by atoms with Gasteiger partial charge in [0.05, 0.1) is 0 Å². The maximum absolute atomic E-state index is 11.6. The minimum Gasteiger partial charge on any atom is -0.340 e. The van der Waals surface area contributed by atoms with Crippen LogP contribution in [0.3, 0.4) is 0 Å². The number of nitrogens with one attached hydrogen (secondary N) is 1. The zero-order chi connectivity index (χ0) is 11.4. The molecule has 1 amide bonds. The molecule has 2 saturated heterocycles. The molecule has 2 aliphatic rings. The number of nitrogens with zero attached hydrogens (tertiary/aromatic N) is 2. The molecule has 1 atom stereocenters. The highest BCUT2D eigenvalue weighted by atomic mass is 16.2. The lowest BCUT2D eigenvalue weighted by molar-refractivity contribution is -0.127. The summed E-state index contributed by atoms with van der Waals surface area (Å²) < 4.78 is 0. The standard InChI is InChI=1S/C12H19N3O/c1-2-11-9-12(16)15(10-11)8-7-14-5-3-13-4-6-14/h1,11,13H,3-10H2. The highest BCUT2D eigenvalue weighted by Gasteiger charge is 2.28. The van der Waals surface area contributed by atoms with Crippen LogP contribution in [0.15, 0.2) is 0 Å². The first-order valence-corrected chi connectivity index (χ1v) is 5.96. The molecule has 0 aromatic rings. The van der Waals surface area contributed by atoms with Crippen molar-refractivity contribution in [3.63, 3.8) is 0 Å². The van der Waals surface area contributed by atoms with E-state index >= 15 is 0 Å². The quantitative estimate of drug-likeness (QED) is 0.645. The lowest BCUT2D eigenvalue weighted by Crippen LogP contribution is -2.46. The number of piperazine rings is 1. The predicted octanol–water partition coefficient (Wildman–Crippen LogP) is -0.627. The molecule has 2 heterocycles. The molecule has 1 unspecified atom stereocenters. The number of carbonyl (C=O) groups is 1. The van der Waals surface area contributed by atoms with Gasteiger partial charge >= 0.3 is 0 Å². The zero-order valence-electron chi connectivity index (χ0n) is 9.61. The molecule has 2 rings (SSSR count). The van der Waals surface area contributed by atoms with Gasteiger partial charge < -0.3 is 10.2 Å². The molecule has 0 bridgehead atoms. The van der Waals surface area contributed by atoms with Crippen LogP contribution >= 0.6 is 0 Å². The van der Waals surface area contributed by atoms with Crippen molar-refractivity contribution in [2.45, 2.75) is 6.42 Å². The van der Waals surface area contributed by atoms with Crippen LogP contribution in [0.1, 0.15) is 6.42 Å². The van der Waals surface area contributed by atoms with Crippen molar-refractivity contribution in [1.82, 2.24) is 15.1 Å². The maximum atomic E-state index is 11.6. The minimum absolute atomic E-state index is 0.135. The molecule has 0 saturated carbocycles. The summed E-state index contributed by atoms with van der Waals surface area (Å²) in [7, 11) is 0. The molecule has 0 spiro atoms. The van der Waals surface area contributed by atoms with Crippen molar-refractivity contribution in [1.29, 1.82) is 0 Å². The summed E-state index contributed by atoms with van der Waals surface area (Å²) in [5.74, 6) is 3.03. The predicted molar refractivity (Wildman–Crippen MR) is 62.8 cm³/mol. The van der Waals surface area contributed by atoms with Gasteiger partial charge in [-0.25, -0.2) is 0 Å². The van der Waals surface area contributed by atoms with Gasteiger partial charge in [-0.2, -0.15) is 0 Å². The summed E-state index contributed by atoms with van der Waals surface area (Å²) in [6.45, 7) is 6.84. The van der Waals surface area contributed by atoms with Gasteiger partial charge in [0.2, 0.25) is 5.91 Å². The van der Waals surface area contributed by atoms with E-state index in [-0.39, 0.29) is 11.8 Å². The van der Waals surface area contributed by atoms with Crippen LogP contribution in [0.4, 0.5) is 0 Å². The number of terminal acetylenes is 1. The highest BCUT2D eigenvalue weighted by molar-refractivity contribution is 5.79. The van der Waals surface area contributed by atoms with Crippen LogP contribution in [0.5, 0.6) is 0 Å². The van der Waals surface area contributed by atoms with Gasteiger partial charge in [-0.3, -0.25) is 9.69 Å². The molecule has 1 N–H and O–H groups in total. The molecule has 0 aromatic heterocycles. The van der Waals surface area contributed by atoms with E-state index in [1.165, 1.54) is 0 Å². The molecule has 16 heavy (non-hydrogen) atoms. The topological polar surface area (TPSA) is 35.6 Å². The molecular weight excluding hydrogens is 202 g/mol. The van der Waals surface area contributed by atoms with Gasteiger partial charge in [0, 0.05) is 58.2 Å². The fraction of sp³-hybridized carbons (Fsp3) is 0.750. The third-order valence-corrected chi connectivity index (χ3v) is 3.35. The number of hydrogen-bond acceptors (Lipinski definition) is 3. The van der Waals surface area contributed by atoms with Crippen LogP contribution in [-0.2, 0) is 4.79 Å². The molecule has 4 nitrogen and oxygen atoms in total. The van der Waals surface area contributed by atoms with E-state index in [2.05, 4.69) is 16.1 Å². The second-order valence-electron chi connectivity index (χ2n) is 4.50. The average Bonchev–Trinajstić information content (AvgIpc) is 2.69. The van der Waals surface area contributed by atoms with Gasteiger partial charge in [-0.05, 0) is 0 Å². The van der Waals surface area contributed by atoms with E-state index < -0.39 is 0 Å². The van der Waals surface area contributed by atoms with E-state index in [0.29, 0.717) is 6.42 Å². The minimum atomic E-state index is 0.135. The summed E-state index contributed by atoms with van der Waals surface area (Å²) in [5, 5.41) is 3.32. The van der Waals surface area contributed by atoms with Crippen molar-refractivity contribution < 1.29 is 4.79 Å². The van der Waals surface area contributed by atoms with Gasteiger partial charge in [0.1, 0.15) is 0 Å². The van der Waals surface area contributed by atoms with Crippen molar-refractivity contribution in [2.75, 3.05) is 45.8 Å². The van der Waals surface area contributed by atoms with Crippen LogP contribution < -0.4 is 5.32 Å². The van der Waals surface area contributed by atoms with E-state index in [1.54, 1.807) is 0 Å². The average molecular weight is 221 g/mol. The summed E-state index contributed by atoms with van der Waals surface area (Å²) in [6.07, 6.45) is 5.89. The van der Waals surface area contributed by atoms with E-state index in [0.717, 1.165) is 45.8 Å². The lowest BCUT2D eigenvalue weighted by atomic mass is 10.1. The van der Waals surface area contributed by atoms with E-state index in [9.17, 15) is 4.79 Å². The number of likely N-dealkylation sites (tertiary alicyclic amines) is 1. The molecule has 0 aliphatic carbocycles. The van der Waals surface area contributed by atoms with Crippen LogP contribution in [-0.4, -0.2) is 61.5 Å². The number of carbonyl (C=O) groups excluding carboxylic acids is 1. The second-order valence-corrected chi connectivity index (χ2v) is 4.50. The largest absolute Gasteiger partial charge is 0.340 e. The normalized spacial score (nSPS) is 27.1. The molecule has 2 fully saturated rings. The van der Waals surface area contributed by atoms with Crippen molar-refractivity contribution in [3.8, 4) is 12.3 Å². The zero-order valence-corrected chi connectivity index (χ0v) is 9.61. The maximum Gasteiger partial charge on any atom is 0.223 e. The number of rotatable bonds is 3. The van der Waals surface area contributed by atoms with Gasteiger partial charge in [0.25, 0.3) is 0 Å². The fourth-order valence-electron chi connectivity index (χ4n) is 2.30. The smallest absolute Gasteiger partial charge is 0.223 e. The Morgan fingerprint density at radius 2 is 2.12 bits per heavy atom. The van der Waals surface area contributed by atoms with Crippen LogP contribution in [0.25, 0.3) is 0 Å². The highest BCUT2D eigenvalue weighted by Crippen LogP contribution is 2.16. The van der Waals surface area contributed by atoms with Gasteiger partial charge in [-0.15, -0.1) is 12.3 Å². The molecule has 4 heteroatoms. The van der Waals surface area contributed by atoms with Crippen molar-refractivity contribution >= 4 is 5.91 Å². The van der Waals surface area contributed by atoms with Crippen LogP contribution in [0, 0.1) is 18.3 Å². The van der Waals surface area contributed by atoms with Gasteiger partial charge in [0.15, 0.2) is 0 Å². The Labute approximate surface area is 97.0 Å². The SMILES string of the molecule is C#CC1CC(=O)N(CCN2CCNCC2)C1. The summed E-state index contributed by atoms with van der Waals surface area (Å²) >= 11 is 0. The second kappa shape index (κ2) is 5.33. The Morgan fingerprint density at radius 3 is 2.75 bits per heavy atom. The lowest BCUT2D eigenvalue weighted by Gasteiger charge is -2.29. The Bertz CT molecular complexity index is 291. The Balaban J connectivity index is 1.73. The first kappa shape index (κ1) is 11.4. The van der Waals surface area contributed by atoms with Gasteiger partial charge in [-0.1, -0.05) is 0 Å². The third kappa shape index (κ3) is 2.75. The van der Waals surface area contributed by atoms with Crippen molar-refractivity contribution in [2.24, 2.45) is 5.92 Å². The van der Waals surface area contributed by atoms with E-state index in [4.69, 9.17) is 6.42 Å². The third-order valence-electron chi connectivity index (χ3n) is 3.35. The first-order chi connectivity index (χ1) is 7.79. The Hall–Kier alpha value is -1.05. The van der Waals surface area contributed by atoms with E-state index in [1.807, 2.05) is 4.90 Å². The fourth-order valence-corrected chi connectivity index (χ4v) is 2.30. The first-order valence-electron chi connectivity index (χ1n) is 5.96. The number of hydrogen-bond donors (Lipinski definition) is 1. The van der Waals surface area contributed by atoms with Crippen LogP contribution in [0.2, 0.25) is 0 Å². The monoisotopic (exact) mass is 221 g/mol.